The average molecular weight is 414 g/mol. The van der Waals surface area contributed by atoms with Crippen molar-refractivity contribution in [3.05, 3.63) is 95.3 Å². The number of rotatable bonds is 8. The van der Waals surface area contributed by atoms with Crippen LogP contribution < -0.4 is 10.1 Å². The van der Waals surface area contributed by atoms with Gasteiger partial charge in [0, 0.05) is 18.5 Å². The van der Waals surface area contributed by atoms with Gasteiger partial charge in [0.2, 0.25) is 0 Å². The third kappa shape index (κ3) is 4.77. The van der Waals surface area contributed by atoms with E-state index in [4.69, 9.17) is 9.72 Å². The molecule has 0 unspecified atom stereocenters. The van der Waals surface area contributed by atoms with Gasteiger partial charge in [-0.25, -0.2) is 4.98 Å². The molecule has 0 aliphatic rings. The molecule has 0 fully saturated rings. The highest BCUT2D eigenvalue weighted by Crippen LogP contribution is 2.19. The molecule has 5 nitrogen and oxygen atoms in total. The van der Waals surface area contributed by atoms with E-state index in [9.17, 15) is 4.79 Å². The predicted octanol–water partition coefficient (Wildman–Crippen LogP) is 4.70. The first-order valence-corrected chi connectivity index (χ1v) is 10.6. The molecule has 0 saturated carbocycles. The van der Waals surface area contributed by atoms with E-state index in [1.807, 2.05) is 80.6 Å². The molecule has 158 valence electrons. The van der Waals surface area contributed by atoms with E-state index in [1.54, 1.807) is 0 Å². The minimum absolute atomic E-state index is 0.0522. The van der Waals surface area contributed by atoms with Gasteiger partial charge in [-0.15, -0.1) is 0 Å². The Kier molecular flexibility index (Phi) is 6.32. The van der Waals surface area contributed by atoms with Crippen LogP contribution in [0.4, 0.5) is 0 Å². The van der Waals surface area contributed by atoms with Gasteiger partial charge in [0.1, 0.15) is 18.2 Å². The van der Waals surface area contributed by atoms with E-state index in [-0.39, 0.29) is 5.91 Å². The molecule has 0 spiro atoms. The largest absolute Gasteiger partial charge is 0.491 e. The number of fused-ring (bicyclic) bond motifs is 1. The normalized spacial score (nSPS) is 10.9. The second-order valence-electron chi connectivity index (χ2n) is 7.60. The van der Waals surface area contributed by atoms with Crippen molar-refractivity contribution < 1.29 is 9.53 Å². The van der Waals surface area contributed by atoms with Crippen molar-refractivity contribution in [2.75, 3.05) is 13.2 Å². The Bertz CT molecular complexity index is 1200. The van der Waals surface area contributed by atoms with Gasteiger partial charge in [-0.1, -0.05) is 48.5 Å². The van der Waals surface area contributed by atoms with E-state index in [2.05, 4.69) is 16.0 Å². The van der Waals surface area contributed by atoms with Crippen LogP contribution in [-0.2, 0) is 13.0 Å². The van der Waals surface area contributed by atoms with Gasteiger partial charge in [0.15, 0.2) is 0 Å². The Morgan fingerprint density at radius 2 is 1.65 bits per heavy atom. The molecule has 5 heteroatoms. The first-order valence-electron chi connectivity index (χ1n) is 10.6. The SMILES string of the molecule is Cc1ccccc1OCCn1c(CCNC(=O)c2ccccc2C)nc2ccccc21. The Morgan fingerprint density at radius 3 is 2.45 bits per heavy atom. The fourth-order valence-electron chi connectivity index (χ4n) is 3.74. The van der Waals surface area contributed by atoms with Crippen molar-refractivity contribution in [1.29, 1.82) is 0 Å². The molecule has 0 saturated heterocycles. The van der Waals surface area contributed by atoms with E-state index in [1.165, 1.54) is 0 Å². The van der Waals surface area contributed by atoms with Crippen molar-refractivity contribution in [2.24, 2.45) is 0 Å². The molecule has 0 radical (unpaired) electrons. The standard InChI is InChI=1S/C26H27N3O2/c1-19-9-3-5-11-21(19)26(30)27-16-15-25-28-22-12-6-7-13-23(22)29(25)17-18-31-24-14-8-4-10-20(24)2/h3-14H,15-18H2,1-2H3,(H,27,30). The number of carbonyl (C=O) groups excluding carboxylic acids is 1. The van der Waals surface area contributed by atoms with Crippen LogP contribution in [0.5, 0.6) is 5.75 Å². The Hall–Kier alpha value is -3.60. The molecule has 0 bridgehead atoms. The van der Waals surface area contributed by atoms with Crippen LogP contribution in [0.2, 0.25) is 0 Å². The van der Waals surface area contributed by atoms with Crippen molar-refractivity contribution in [2.45, 2.75) is 26.8 Å². The molecular weight excluding hydrogens is 386 g/mol. The molecule has 1 amide bonds. The molecule has 0 aliphatic heterocycles. The molecule has 31 heavy (non-hydrogen) atoms. The smallest absolute Gasteiger partial charge is 0.251 e. The summed E-state index contributed by atoms with van der Waals surface area (Å²) in [4.78, 5) is 17.3. The van der Waals surface area contributed by atoms with Crippen LogP contribution in [-0.4, -0.2) is 28.6 Å². The molecule has 1 aromatic heterocycles. The first-order chi connectivity index (χ1) is 15.1. The quantitative estimate of drug-likeness (QED) is 0.455. The van der Waals surface area contributed by atoms with Gasteiger partial charge < -0.3 is 14.6 Å². The maximum Gasteiger partial charge on any atom is 0.251 e. The Labute approximate surface area is 182 Å². The Morgan fingerprint density at radius 1 is 0.935 bits per heavy atom. The lowest BCUT2D eigenvalue weighted by Crippen LogP contribution is -2.27. The zero-order valence-electron chi connectivity index (χ0n) is 18.0. The maximum atomic E-state index is 12.5. The van der Waals surface area contributed by atoms with E-state index >= 15 is 0 Å². The van der Waals surface area contributed by atoms with Crippen LogP contribution in [0.1, 0.15) is 27.3 Å². The lowest BCUT2D eigenvalue weighted by atomic mass is 10.1. The lowest BCUT2D eigenvalue weighted by molar-refractivity contribution is 0.0953. The number of aromatic nitrogens is 2. The third-order valence-electron chi connectivity index (χ3n) is 5.42. The van der Waals surface area contributed by atoms with Crippen molar-refractivity contribution in [3.8, 4) is 5.75 Å². The van der Waals surface area contributed by atoms with Crippen LogP contribution in [0.15, 0.2) is 72.8 Å². The number of para-hydroxylation sites is 3. The monoisotopic (exact) mass is 413 g/mol. The Balaban J connectivity index is 1.44. The van der Waals surface area contributed by atoms with Gasteiger partial charge in [-0.3, -0.25) is 4.79 Å². The van der Waals surface area contributed by atoms with E-state index in [0.717, 1.165) is 33.7 Å². The molecule has 1 heterocycles. The zero-order chi connectivity index (χ0) is 21.6. The number of imidazole rings is 1. The summed E-state index contributed by atoms with van der Waals surface area (Å²) in [5, 5.41) is 3.03. The van der Waals surface area contributed by atoms with Gasteiger partial charge in [-0.05, 0) is 49.2 Å². The van der Waals surface area contributed by atoms with Gasteiger partial charge in [0.05, 0.1) is 17.6 Å². The summed E-state index contributed by atoms with van der Waals surface area (Å²) in [6.07, 6.45) is 0.649. The number of ether oxygens (including phenoxy) is 1. The van der Waals surface area contributed by atoms with Crippen molar-refractivity contribution in [1.82, 2.24) is 14.9 Å². The second kappa shape index (κ2) is 9.47. The summed E-state index contributed by atoms with van der Waals surface area (Å²) >= 11 is 0. The molecular formula is C26H27N3O2. The summed E-state index contributed by atoms with van der Waals surface area (Å²) in [5.41, 5.74) is 4.84. The first kappa shape index (κ1) is 20.7. The number of amides is 1. The van der Waals surface area contributed by atoms with Crippen LogP contribution in [0.25, 0.3) is 11.0 Å². The zero-order valence-corrected chi connectivity index (χ0v) is 18.0. The molecule has 3 aromatic carbocycles. The summed E-state index contributed by atoms with van der Waals surface area (Å²) in [7, 11) is 0. The molecule has 4 aromatic rings. The molecule has 4 rings (SSSR count). The number of hydrogen-bond acceptors (Lipinski definition) is 3. The number of nitrogens with zero attached hydrogens (tertiary/aromatic N) is 2. The van der Waals surface area contributed by atoms with E-state index in [0.29, 0.717) is 31.7 Å². The van der Waals surface area contributed by atoms with Gasteiger partial charge in [0.25, 0.3) is 5.91 Å². The number of carbonyl (C=O) groups is 1. The van der Waals surface area contributed by atoms with E-state index < -0.39 is 0 Å². The minimum Gasteiger partial charge on any atom is -0.491 e. The minimum atomic E-state index is -0.0522. The average Bonchev–Trinajstić information content (AvgIpc) is 3.13. The number of hydrogen-bond donors (Lipinski definition) is 1. The summed E-state index contributed by atoms with van der Waals surface area (Å²) in [6, 6.07) is 23.8. The fourth-order valence-corrected chi connectivity index (χ4v) is 3.74. The second-order valence-corrected chi connectivity index (χ2v) is 7.60. The number of aryl methyl sites for hydroxylation is 2. The summed E-state index contributed by atoms with van der Waals surface area (Å²) in [5.74, 6) is 1.79. The van der Waals surface area contributed by atoms with Crippen molar-refractivity contribution in [3.63, 3.8) is 0 Å². The lowest BCUT2D eigenvalue weighted by Gasteiger charge is -2.13. The fraction of sp³-hybridized carbons (Fsp3) is 0.231. The predicted molar refractivity (Wildman–Crippen MR) is 124 cm³/mol. The number of benzene rings is 3. The maximum absolute atomic E-state index is 12.5. The van der Waals surface area contributed by atoms with Crippen LogP contribution >= 0.6 is 0 Å². The van der Waals surface area contributed by atoms with Crippen LogP contribution in [0, 0.1) is 13.8 Å². The van der Waals surface area contributed by atoms with Gasteiger partial charge in [-0.2, -0.15) is 0 Å². The van der Waals surface area contributed by atoms with Crippen molar-refractivity contribution >= 4 is 16.9 Å². The highest BCUT2D eigenvalue weighted by molar-refractivity contribution is 5.95. The summed E-state index contributed by atoms with van der Waals surface area (Å²) in [6.45, 7) is 5.76. The van der Waals surface area contributed by atoms with Gasteiger partial charge >= 0.3 is 0 Å². The highest BCUT2D eigenvalue weighted by atomic mass is 16.5. The molecule has 0 atom stereocenters. The molecule has 0 aliphatic carbocycles. The number of nitrogens with one attached hydrogen (secondary N) is 1. The molecule has 1 N–H and O–H groups in total. The topological polar surface area (TPSA) is 56.1 Å². The summed E-state index contributed by atoms with van der Waals surface area (Å²) < 4.78 is 8.20. The third-order valence-corrected chi connectivity index (χ3v) is 5.42. The highest BCUT2D eigenvalue weighted by Gasteiger charge is 2.12. The van der Waals surface area contributed by atoms with Crippen LogP contribution in [0.3, 0.4) is 0 Å².